The third-order valence-corrected chi connectivity index (χ3v) is 5.95. The lowest BCUT2D eigenvalue weighted by atomic mass is 9.84. The predicted molar refractivity (Wildman–Crippen MR) is 118 cm³/mol. The van der Waals surface area contributed by atoms with E-state index < -0.39 is 0 Å². The first-order chi connectivity index (χ1) is 12.6. The van der Waals surface area contributed by atoms with Gasteiger partial charge in [-0.15, -0.1) is 0 Å². The van der Waals surface area contributed by atoms with E-state index >= 15 is 0 Å². The van der Waals surface area contributed by atoms with Crippen molar-refractivity contribution in [2.24, 2.45) is 10.8 Å². The second-order valence-corrected chi connectivity index (χ2v) is 10.3. The number of hydrogen-bond acceptors (Lipinski definition) is 2. The first-order valence-electron chi connectivity index (χ1n) is 11.1. The highest BCUT2D eigenvalue weighted by atomic mass is 16.3. The molecule has 1 aromatic carbocycles. The molecule has 0 aromatic heterocycles. The molecule has 1 aromatic rings. The summed E-state index contributed by atoms with van der Waals surface area (Å²) in [6, 6.07) is 3.65. The van der Waals surface area contributed by atoms with Crippen molar-refractivity contribution in [1.29, 1.82) is 0 Å². The summed E-state index contributed by atoms with van der Waals surface area (Å²) in [7, 11) is 0. The zero-order valence-electron chi connectivity index (χ0n) is 18.8. The SMILES string of the molecule is CCC(C)(C)CCCCCCc1c(O)ccc(CCCCC(C)(C)C)c1O. The first-order valence-corrected chi connectivity index (χ1v) is 11.1. The number of unbranched alkanes of at least 4 members (excludes halogenated alkanes) is 4. The summed E-state index contributed by atoms with van der Waals surface area (Å²) in [6.45, 7) is 13.8. The fourth-order valence-corrected chi connectivity index (χ4v) is 3.53. The van der Waals surface area contributed by atoms with Crippen LogP contribution < -0.4 is 0 Å². The van der Waals surface area contributed by atoms with Gasteiger partial charge < -0.3 is 10.2 Å². The molecule has 0 saturated carbocycles. The molecule has 0 spiro atoms. The zero-order chi connectivity index (χ0) is 20.5. The van der Waals surface area contributed by atoms with Gasteiger partial charge in [0.25, 0.3) is 0 Å². The summed E-state index contributed by atoms with van der Waals surface area (Å²) in [5, 5.41) is 20.8. The summed E-state index contributed by atoms with van der Waals surface area (Å²) in [5.74, 6) is 0.580. The number of benzene rings is 1. The Bertz CT molecular complexity index is 552. The number of phenols is 2. The Hall–Kier alpha value is -1.18. The van der Waals surface area contributed by atoms with Crippen LogP contribution in [0.4, 0.5) is 0 Å². The molecule has 1 rings (SSSR count). The maximum atomic E-state index is 10.6. The van der Waals surface area contributed by atoms with E-state index in [4.69, 9.17) is 0 Å². The van der Waals surface area contributed by atoms with Crippen molar-refractivity contribution in [2.45, 2.75) is 112 Å². The van der Waals surface area contributed by atoms with Gasteiger partial charge in [0.05, 0.1) is 0 Å². The van der Waals surface area contributed by atoms with Crippen molar-refractivity contribution < 1.29 is 10.2 Å². The molecule has 2 N–H and O–H groups in total. The number of aromatic hydroxyl groups is 2. The highest BCUT2D eigenvalue weighted by Gasteiger charge is 2.15. The quantitative estimate of drug-likeness (QED) is 0.365. The van der Waals surface area contributed by atoms with Gasteiger partial charge >= 0.3 is 0 Å². The van der Waals surface area contributed by atoms with Crippen LogP contribution in [0, 0.1) is 10.8 Å². The molecule has 2 heteroatoms. The molecule has 0 heterocycles. The third kappa shape index (κ3) is 9.53. The molecule has 156 valence electrons. The molecule has 2 nitrogen and oxygen atoms in total. The zero-order valence-corrected chi connectivity index (χ0v) is 18.8. The average Bonchev–Trinajstić information content (AvgIpc) is 2.58. The topological polar surface area (TPSA) is 40.5 Å². The lowest BCUT2D eigenvalue weighted by Crippen LogP contribution is -2.08. The van der Waals surface area contributed by atoms with E-state index in [-0.39, 0.29) is 5.75 Å². The number of aryl methyl sites for hydroxylation is 1. The molecule has 0 fully saturated rings. The van der Waals surface area contributed by atoms with Gasteiger partial charge in [0.2, 0.25) is 0 Å². The molecule has 0 aliphatic carbocycles. The van der Waals surface area contributed by atoms with E-state index in [0.29, 0.717) is 16.6 Å². The van der Waals surface area contributed by atoms with Gasteiger partial charge in [0.1, 0.15) is 11.5 Å². The lowest BCUT2D eigenvalue weighted by molar-refractivity contribution is 0.307. The van der Waals surface area contributed by atoms with Crippen molar-refractivity contribution in [3.05, 3.63) is 23.3 Å². The van der Waals surface area contributed by atoms with E-state index in [2.05, 4.69) is 41.5 Å². The summed E-state index contributed by atoms with van der Waals surface area (Å²) < 4.78 is 0. The monoisotopic (exact) mass is 376 g/mol. The Balaban J connectivity index is 2.44. The van der Waals surface area contributed by atoms with E-state index in [0.717, 1.165) is 43.2 Å². The fraction of sp³-hybridized carbons (Fsp3) is 0.760. The van der Waals surface area contributed by atoms with Gasteiger partial charge in [-0.25, -0.2) is 0 Å². The molecule has 0 amide bonds. The van der Waals surface area contributed by atoms with Gasteiger partial charge in [-0.2, -0.15) is 0 Å². The van der Waals surface area contributed by atoms with Crippen LogP contribution in [0.3, 0.4) is 0 Å². The van der Waals surface area contributed by atoms with Crippen LogP contribution in [-0.4, -0.2) is 10.2 Å². The molecule has 0 radical (unpaired) electrons. The standard InChI is InChI=1S/C25H44O2/c1-7-25(5,6)19-12-9-8-10-15-21-22(26)17-16-20(23(21)27)14-11-13-18-24(2,3)4/h16-17,26-27H,7-15,18-19H2,1-6H3. The van der Waals surface area contributed by atoms with E-state index in [9.17, 15) is 10.2 Å². The van der Waals surface area contributed by atoms with Crippen LogP contribution in [0.1, 0.15) is 110 Å². The van der Waals surface area contributed by atoms with Crippen molar-refractivity contribution in [1.82, 2.24) is 0 Å². The highest BCUT2D eigenvalue weighted by molar-refractivity contribution is 5.48. The van der Waals surface area contributed by atoms with E-state index in [1.54, 1.807) is 6.07 Å². The number of rotatable bonds is 12. The Morgan fingerprint density at radius 2 is 1.33 bits per heavy atom. The normalized spacial score (nSPS) is 12.5. The van der Waals surface area contributed by atoms with Gasteiger partial charge in [0.15, 0.2) is 0 Å². The van der Waals surface area contributed by atoms with Crippen LogP contribution in [0.15, 0.2) is 12.1 Å². The molecule has 0 aliphatic heterocycles. The van der Waals surface area contributed by atoms with Crippen LogP contribution in [0.2, 0.25) is 0 Å². The predicted octanol–water partition coefficient (Wildman–Crippen LogP) is 7.79. The third-order valence-electron chi connectivity index (χ3n) is 5.95. The summed E-state index contributed by atoms with van der Waals surface area (Å²) in [6.07, 6.45) is 12.3. The second-order valence-electron chi connectivity index (χ2n) is 10.3. The van der Waals surface area contributed by atoms with Crippen LogP contribution in [0.5, 0.6) is 11.5 Å². The molecule has 0 bridgehead atoms. The van der Waals surface area contributed by atoms with E-state index in [1.807, 2.05) is 6.07 Å². The van der Waals surface area contributed by atoms with Crippen LogP contribution in [0.25, 0.3) is 0 Å². The van der Waals surface area contributed by atoms with Crippen molar-refractivity contribution >= 4 is 0 Å². The summed E-state index contributed by atoms with van der Waals surface area (Å²) in [5.41, 5.74) is 2.56. The molecular formula is C25H44O2. The van der Waals surface area contributed by atoms with Gasteiger partial charge in [0, 0.05) is 5.56 Å². The van der Waals surface area contributed by atoms with Gasteiger partial charge in [-0.05, 0) is 61.0 Å². The Labute approximate surface area is 168 Å². The van der Waals surface area contributed by atoms with Crippen molar-refractivity contribution in [2.75, 3.05) is 0 Å². The maximum absolute atomic E-state index is 10.6. The lowest BCUT2D eigenvalue weighted by Gasteiger charge is -2.22. The molecule has 0 atom stereocenters. The molecule has 27 heavy (non-hydrogen) atoms. The maximum Gasteiger partial charge on any atom is 0.125 e. The minimum Gasteiger partial charge on any atom is -0.508 e. The minimum absolute atomic E-state index is 0.248. The molecule has 0 saturated heterocycles. The number of hydrogen-bond donors (Lipinski definition) is 2. The van der Waals surface area contributed by atoms with Gasteiger partial charge in [-0.3, -0.25) is 0 Å². The second kappa shape index (κ2) is 11.0. The van der Waals surface area contributed by atoms with Crippen molar-refractivity contribution in [3.8, 4) is 11.5 Å². The summed E-state index contributed by atoms with van der Waals surface area (Å²) >= 11 is 0. The van der Waals surface area contributed by atoms with Gasteiger partial charge in [-0.1, -0.05) is 79.7 Å². The van der Waals surface area contributed by atoms with Crippen molar-refractivity contribution in [3.63, 3.8) is 0 Å². The Morgan fingerprint density at radius 1 is 0.741 bits per heavy atom. The largest absolute Gasteiger partial charge is 0.508 e. The molecule has 0 unspecified atom stereocenters. The van der Waals surface area contributed by atoms with Crippen LogP contribution >= 0.6 is 0 Å². The fourth-order valence-electron chi connectivity index (χ4n) is 3.53. The number of phenolic OH excluding ortho intramolecular Hbond substituents is 2. The van der Waals surface area contributed by atoms with Crippen LogP contribution in [-0.2, 0) is 12.8 Å². The average molecular weight is 377 g/mol. The molecular weight excluding hydrogens is 332 g/mol. The van der Waals surface area contributed by atoms with E-state index in [1.165, 1.54) is 38.5 Å². The minimum atomic E-state index is 0.248. The Morgan fingerprint density at radius 3 is 1.96 bits per heavy atom. The Kier molecular flexibility index (Phi) is 9.70. The first kappa shape index (κ1) is 23.9. The summed E-state index contributed by atoms with van der Waals surface area (Å²) in [4.78, 5) is 0. The highest BCUT2D eigenvalue weighted by Crippen LogP contribution is 2.34. The molecule has 0 aliphatic rings. The smallest absolute Gasteiger partial charge is 0.125 e.